The molecule has 1 atom stereocenters. The van der Waals surface area contributed by atoms with Gasteiger partial charge >= 0.3 is 0 Å². The first-order valence-electron chi connectivity index (χ1n) is 9.99. The van der Waals surface area contributed by atoms with Crippen molar-refractivity contribution in [3.63, 3.8) is 0 Å². The molecule has 0 N–H and O–H groups in total. The third kappa shape index (κ3) is 4.06. The van der Waals surface area contributed by atoms with E-state index < -0.39 is 0 Å². The van der Waals surface area contributed by atoms with Crippen LogP contribution in [-0.4, -0.2) is 54.4 Å². The van der Waals surface area contributed by atoms with E-state index >= 15 is 0 Å². The molecule has 1 aliphatic heterocycles. The van der Waals surface area contributed by atoms with E-state index in [1.807, 2.05) is 26.4 Å². The maximum absolute atomic E-state index is 13.1. The van der Waals surface area contributed by atoms with Crippen molar-refractivity contribution in [1.29, 1.82) is 0 Å². The van der Waals surface area contributed by atoms with Crippen LogP contribution in [0.5, 0.6) is 0 Å². The van der Waals surface area contributed by atoms with Gasteiger partial charge in [-0.05, 0) is 60.9 Å². The molecule has 142 valence electrons. The third-order valence-electron chi connectivity index (χ3n) is 6.00. The molecule has 2 heterocycles. The molecule has 1 aliphatic carbocycles. The first-order valence-corrected chi connectivity index (χ1v) is 9.99. The lowest BCUT2D eigenvalue weighted by atomic mass is 9.79. The standard InChI is InChI=1S/C23H29N3O/c1-25(2)22(27)23(11-13-26(17-23)16-19-5-6-19)14-18-7-9-20(10-8-18)21-4-3-12-24-15-21/h3-4,7-10,12,15,19H,5-6,11,13-14,16-17H2,1-2H3/t23-/m1/s1. The Morgan fingerprint density at radius 1 is 1.19 bits per heavy atom. The summed E-state index contributed by atoms with van der Waals surface area (Å²) >= 11 is 0. The number of hydrogen-bond acceptors (Lipinski definition) is 3. The average Bonchev–Trinajstić information content (AvgIpc) is 3.41. The highest BCUT2D eigenvalue weighted by Gasteiger charge is 2.46. The quantitative estimate of drug-likeness (QED) is 0.788. The molecule has 2 aromatic rings. The molecule has 1 aromatic heterocycles. The van der Waals surface area contributed by atoms with Crippen molar-refractivity contribution in [2.75, 3.05) is 33.7 Å². The average molecular weight is 364 g/mol. The van der Waals surface area contributed by atoms with E-state index in [9.17, 15) is 4.79 Å². The fourth-order valence-electron chi connectivity index (χ4n) is 4.39. The molecule has 1 amide bonds. The van der Waals surface area contributed by atoms with E-state index in [0.29, 0.717) is 0 Å². The summed E-state index contributed by atoms with van der Waals surface area (Å²) in [5.74, 6) is 1.14. The molecule has 0 radical (unpaired) electrons. The van der Waals surface area contributed by atoms with Crippen molar-refractivity contribution in [2.45, 2.75) is 25.7 Å². The van der Waals surface area contributed by atoms with Gasteiger partial charge in [0.15, 0.2) is 0 Å². The van der Waals surface area contributed by atoms with Gasteiger partial charge in [0.2, 0.25) is 5.91 Å². The van der Waals surface area contributed by atoms with Crippen molar-refractivity contribution in [2.24, 2.45) is 11.3 Å². The Morgan fingerprint density at radius 3 is 2.59 bits per heavy atom. The van der Waals surface area contributed by atoms with Crippen LogP contribution < -0.4 is 0 Å². The molecule has 4 heteroatoms. The lowest BCUT2D eigenvalue weighted by molar-refractivity contribution is -0.138. The monoisotopic (exact) mass is 363 g/mol. The largest absolute Gasteiger partial charge is 0.348 e. The fraction of sp³-hybridized carbons (Fsp3) is 0.478. The van der Waals surface area contributed by atoms with Gasteiger partial charge in [0.25, 0.3) is 0 Å². The van der Waals surface area contributed by atoms with Gasteiger partial charge in [0, 0.05) is 39.6 Å². The van der Waals surface area contributed by atoms with Crippen LogP contribution in [0, 0.1) is 11.3 Å². The zero-order valence-electron chi connectivity index (χ0n) is 16.4. The second kappa shape index (κ2) is 7.43. The SMILES string of the molecule is CN(C)C(=O)[C@@]1(Cc2ccc(-c3cccnc3)cc2)CCN(CC2CC2)C1. The Hall–Kier alpha value is -2.20. The molecule has 4 rings (SSSR count). The van der Waals surface area contributed by atoms with Gasteiger partial charge in [0.1, 0.15) is 0 Å². The summed E-state index contributed by atoms with van der Waals surface area (Å²) in [4.78, 5) is 21.6. The molecule has 1 saturated heterocycles. The van der Waals surface area contributed by atoms with E-state index in [1.54, 1.807) is 11.1 Å². The van der Waals surface area contributed by atoms with Crippen molar-refractivity contribution in [1.82, 2.24) is 14.8 Å². The molecule has 1 aromatic carbocycles. The van der Waals surface area contributed by atoms with Crippen LogP contribution in [0.2, 0.25) is 0 Å². The summed E-state index contributed by atoms with van der Waals surface area (Å²) in [6.07, 6.45) is 8.18. The number of hydrogen-bond donors (Lipinski definition) is 0. The lowest BCUT2D eigenvalue weighted by Gasteiger charge is -2.31. The first kappa shape index (κ1) is 18.2. The van der Waals surface area contributed by atoms with Crippen molar-refractivity contribution in [3.05, 3.63) is 54.4 Å². The smallest absolute Gasteiger partial charge is 0.229 e. The molecule has 0 spiro atoms. The van der Waals surface area contributed by atoms with Gasteiger partial charge in [-0.1, -0.05) is 30.3 Å². The molecule has 2 aliphatic rings. The molecule has 1 saturated carbocycles. The number of carbonyl (C=O) groups is 1. The summed E-state index contributed by atoms with van der Waals surface area (Å²) in [5.41, 5.74) is 3.25. The van der Waals surface area contributed by atoms with Crippen molar-refractivity contribution >= 4 is 5.91 Å². The molecule has 2 fully saturated rings. The second-order valence-corrected chi connectivity index (χ2v) is 8.52. The summed E-state index contributed by atoms with van der Waals surface area (Å²) in [5, 5.41) is 0. The topological polar surface area (TPSA) is 36.4 Å². The minimum absolute atomic E-state index is 0.275. The summed E-state index contributed by atoms with van der Waals surface area (Å²) in [7, 11) is 3.78. The van der Waals surface area contributed by atoms with Crippen LogP contribution in [0.25, 0.3) is 11.1 Å². The van der Waals surface area contributed by atoms with Crippen LogP contribution >= 0.6 is 0 Å². The number of benzene rings is 1. The minimum atomic E-state index is -0.284. The number of aromatic nitrogens is 1. The Balaban J connectivity index is 1.52. The van der Waals surface area contributed by atoms with Gasteiger partial charge in [0.05, 0.1) is 5.41 Å². The number of likely N-dealkylation sites (tertiary alicyclic amines) is 1. The van der Waals surface area contributed by atoms with E-state index in [1.165, 1.54) is 30.5 Å². The molecule has 4 nitrogen and oxygen atoms in total. The van der Waals surface area contributed by atoms with E-state index in [-0.39, 0.29) is 11.3 Å². The first-order chi connectivity index (χ1) is 13.1. The number of nitrogens with zero attached hydrogens (tertiary/aromatic N) is 3. The van der Waals surface area contributed by atoms with E-state index in [0.717, 1.165) is 37.4 Å². The summed E-state index contributed by atoms with van der Waals surface area (Å²) in [6, 6.07) is 12.7. The molecule has 0 unspecified atom stereocenters. The van der Waals surface area contributed by atoms with Gasteiger partial charge in [-0.15, -0.1) is 0 Å². The predicted octanol–water partition coefficient (Wildman–Crippen LogP) is 3.48. The predicted molar refractivity (Wildman–Crippen MR) is 108 cm³/mol. The normalized spacial score (nSPS) is 22.7. The van der Waals surface area contributed by atoms with E-state index in [4.69, 9.17) is 0 Å². The minimum Gasteiger partial charge on any atom is -0.348 e. The summed E-state index contributed by atoms with van der Waals surface area (Å²) < 4.78 is 0. The van der Waals surface area contributed by atoms with Gasteiger partial charge < -0.3 is 9.80 Å². The van der Waals surface area contributed by atoms with Crippen LogP contribution in [-0.2, 0) is 11.2 Å². The van der Waals surface area contributed by atoms with Crippen LogP contribution in [0.15, 0.2) is 48.8 Å². The highest BCUT2D eigenvalue weighted by atomic mass is 16.2. The van der Waals surface area contributed by atoms with Gasteiger partial charge in [-0.25, -0.2) is 0 Å². The maximum Gasteiger partial charge on any atom is 0.229 e. The Morgan fingerprint density at radius 2 is 1.96 bits per heavy atom. The van der Waals surface area contributed by atoms with Crippen molar-refractivity contribution < 1.29 is 4.79 Å². The number of pyridine rings is 1. The third-order valence-corrected chi connectivity index (χ3v) is 6.00. The maximum atomic E-state index is 13.1. The van der Waals surface area contributed by atoms with Crippen molar-refractivity contribution in [3.8, 4) is 11.1 Å². The highest BCUT2D eigenvalue weighted by molar-refractivity contribution is 5.83. The molecule has 0 bridgehead atoms. The molecular formula is C23H29N3O. The van der Waals surface area contributed by atoms with Gasteiger partial charge in [-0.3, -0.25) is 9.78 Å². The van der Waals surface area contributed by atoms with Crippen LogP contribution in [0.1, 0.15) is 24.8 Å². The molecular weight excluding hydrogens is 334 g/mol. The van der Waals surface area contributed by atoms with Crippen LogP contribution in [0.3, 0.4) is 0 Å². The Kier molecular flexibility index (Phi) is 5.00. The lowest BCUT2D eigenvalue weighted by Crippen LogP contribution is -2.44. The number of amides is 1. The highest BCUT2D eigenvalue weighted by Crippen LogP contribution is 2.39. The number of carbonyl (C=O) groups excluding carboxylic acids is 1. The summed E-state index contributed by atoms with van der Waals surface area (Å²) in [6.45, 7) is 3.11. The second-order valence-electron chi connectivity index (χ2n) is 8.52. The van der Waals surface area contributed by atoms with Crippen LogP contribution in [0.4, 0.5) is 0 Å². The zero-order chi connectivity index (χ0) is 18.9. The van der Waals surface area contributed by atoms with E-state index in [2.05, 4.69) is 40.2 Å². The molecule has 27 heavy (non-hydrogen) atoms. The Labute approximate surface area is 162 Å². The number of rotatable bonds is 6. The van der Waals surface area contributed by atoms with Gasteiger partial charge in [-0.2, -0.15) is 0 Å². The Bertz CT molecular complexity index is 783. The fourth-order valence-corrected chi connectivity index (χ4v) is 4.39. The zero-order valence-corrected chi connectivity index (χ0v) is 16.4.